The number of nitrogens with two attached hydrogens (primary N) is 1. The number of methoxy groups -OCH3 is 1. The van der Waals surface area contributed by atoms with E-state index in [1.165, 1.54) is 16.5 Å². The third-order valence-electron chi connectivity index (χ3n) is 6.60. The number of nitrogen functional groups attached to an aromatic ring is 1. The molecule has 172 valence electrons. The van der Waals surface area contributed by atoms with Gasteiger partial charge in [0.1, 0.15) is 12.4 Å². The summed E-state index contributed by atoms with van der Waals surface area (Å²) in [5.74, 6) is -0.421. The van der Waals surface area contributed by atoms with Gasteiger partial charge in [-0.2, -0.15) is 18.3 Å². The summed E-state index contributed by atoms with van der Waals surface area (Å²) >= 11 is 0. The number of likely N-dealkylation sites (tertiary alicyclic amines) is 1. The van der Waals surface area contributed by atoms with Crippen LogP contribution in [0.3, 0.4) is 0 Å². The maximum absolute atomic E-state index is 13.2. The molecule has 0 bridgehead atoms. The van der Waals surface area contributed by atoms with Gasteiger partial charge in [0.15, 0.2) is 0 Å². The minimum absolute atomic E-state index is 0.0328. The fraction of sp³-hybridized carbons (Fsp3) is 0.524. The minimum Gasteiger partial charge on any atom is -0.383 e. The second-order valence-electron chi connectivity index (χ2n) is 8.55. The molecular weight excluding hydrogens is 433 g/mol. The molecule has 3 aliphatic rings. The van der Waals surface area contributed by atoms with E-state index >= 15 is 0 Å². The van der Waals surface area contributed by atoms with E-state index < -0.39 is 30.5 Å². The van der Waals surface area contributed by atoms with Crippen LogP contribution in [0.5, 0.6) is 0 Å². The summed E-state index contributed by atoms with van der Waals surface area (Å²) in [5.41, 5.74) is 6.34. The smallest absolute Gasteiger partial charge is 0.383 e. The van der Waals surface area contributed by atoms with Crippen molar-refractivity contribution in [2.45, 2.75) is 43.6 Å². The molecule has 2 aromatic rings. The lowest BCUT2D eigenvalue weighted by Crippen LogP contribution is -2.55. The van der Waals surface area contributed by atoms with Crippen molar-refractivity contribution in [3.8, 4) is 11.3 Å². The number of pyridine rings is 1. The highest BCUT2D eigenvalue weighted by atomic mass is 19.4. The molecule has 2 aliphatic carbocycles. The summed E-state index contributed by atoms with van der Waals surface area (Å²) in [6.45, 7) is 1.13. The Kier molecular flexibility index (Phi) is 5.01. The summed E-state index contributed by atoms with van der Waals surface area (Å²) < 4.78 is 72.5. The molecule has 0 spiro atoms. The fourth-order valence-electron chi connectivity index (χ4n) is 4.85. The highest BCUT2D eigenvalue weighted by Crippen LogP contribution is 2.60. The molecule has 0 aromatic carbocycles. The van der Waals surface area contributed by atoms with E-state index in [0.717, 1.165) is 25.6 Å². The Balaban J connectivity index is 1.42. The second-order valence-corrected chi connectivity index (χ2v) is 8.55. The predicted molar refractivity (Wildman–Crippen MR) is 106 cm³/mol. The lowest BCUT2D eigenvalue weighted by molar-refractivity contribution is -0.137. The molecule has 2 N–H and O–H groups in total. The predicted octanol–water partition coefficient (Wildman–Crippen LogP) is 3.55. The second kappa shape index (κ2) is 7.51. The molecule has 1 saturated carbocycles. The van der Waals surface area contributed by atoms with Crippen LogP contribution in [0.2, 0.25) is 0 Å². The molecule has 3 atom stereocenters. The Labute approximate surface area is 180 Å². The summed E-state index contributed by atoms with van der Waals surface area (Å²) in [5, 5.41) is 4.20. The lowest BCUT2D eigenvalue weighted by Gasteiger charge is -2.42. The average Bonchev–Trinajstić information content (AvgIpc) is 3.00. The van der Waals surface area contributed by atoms with Crippen molar-refractivity contribution in [3.05, 3.63) is 41.2 Å². The highest BCUT2D eigenvalue weighted by molar-refractivity contribution is 5.64. The number of anilines is 1. The summed E-state index contributed by atoms with van der Waals surface area (Å²) in [6, 6.07) is 2.78. The third-order valence-corrected chi connectivity index (χ3v) is 6.60. The van der Waals surface area contributed by atoms with Gasteiger partial charge in [-0.25, -0.2) is 13.8 Å². The fourth-order valence-corrected chi connectivity index (χ4v) is 4.85. The quantitative estimate of drug-likeness (QED) is 0.533. The number of aromatic nitrogens is 3. The Hall–Kier alpha value is -2.53. The number of nitrogens with zero attached hydrogens (tertiary/aromatic N) is 4. The molecule has 0 radical (unpaired) electrons. The van der Waals surface area contributed by atoms with E-state index in [1.807, 2.05) is 0 Å². The zero-order valence-electron chi connectivity index (χ0n) is 17.2. The van der Waals surface area contributed by atoms with Crippen LogP contribution in [0.25, 0.3) is 11.3 Å². The van der Waals surface area contributed by atoms with Gasteiger partial charge in [0.25, 0.3) is 6.43 Å². The number of halogens is 5. The first kappa shape index (κ1) is 21.3. The van der Waals surface area contributed by atoms with Gasteiger partial charge in [0.05, 0.1) is 17.4 Å². The normalized spacial score (nSPS) is 25.7. The van der Waals surface area contributed by atoms with Gasteiger partial charge in [-0.15, -0.1) is 0 Å². The largest absolute Gasteiger partial charge is 0.419 e. The highest BCUT2D eigenvalue weighted by Gasteiger charge is 2.53. The molecule has 1 saturated heterocycles. The van der Waals surface area contributed by atoms with E-state index in [-0.39, 0.29) is 29.2 Å². The first-order valence-electron chi connectivity index (χ1n) is 10.3. The molecule has 3 unspecified atom stereocenters. The van der Waals surface area contributed by atoms with Gasteiger partial charge < -0.3 is 10.5 Å². The van der Waals surface area contributed by atoms with Crippen LogP contribution in [0, 0.1) is 5.92 Å². The Morgan fingerprint density at radius 2 is 2.00 bits per heavy atom. The van der Waals surface area contributed by atoms with Crippen LogP contribution in [-0.2, 0) is 17.5 Å². The van der Waals surface area contributed by atoms with Crippen LogP contribution in [-0.4, -0.2) is 58.4 Å². The standard InChI is InChI=1S/C21H22F5N5O/c1-32-12-7-30(8-12)11-3-13-14(4-11)19(13)17-5-16(29-31(17)9-18(22)23)10-2-15(21(24,25)26)20(27)28-6-10/h2-3,5-6,11-12,14,18-19H,4,7-9H2,1H3,(H2,27,28). The molecular formula is C21H22F5N5O. The molecule has 32 heavy (non-hydrogen) atoms. The van der Waals surface area contributed by atoms with Gasteiger partial charge >= 0.3 is 6.18 Å². The van der Waals surface area contributed by atoms with Gasteiger partial charge in [-0.05, 0) is 24.5 Å². The SMILES string of the molecule is COC1CN(C2C=C3C(C2)C3c2cc(-c3cnc(N)c(C(F)(F)F)c3)nn2CC(F)F)C1. The monoisotopic (exact) mass is 455 g/mol. The van der Waals surface area contributed by atoms with Crippen molar-refractivity contribution in [3.63, 3.8) is 0 Å². The van der Waals surface area contributed by atoms with Crippen LogP contribution >= 0.6 is 0 Å². The Bertz CT molecular complexity index is 1060. The molecule has 11 heteroatoms. The van der Waals surface area contributed by atoms with Crippen molar-refractivity contribution in [2.24, 2.45) is 5.92 Å². The maximum Gasteiger partial charge on any atom is 0.419 e. The number of alkyl halides is 5. The van der Waals surface area contributed by atoms with E-state index in [4.69, 9.17) is 10.5 Å². The molecule has 0 amide bonds. The van der Waals surface area contributed by atoms with Crippen molar-refractivity contribution in [1.82, 2.24) is 19.7 Å². The first-order chi connectivity index (χ1) is 15.2. The van der Waals surface area contributed by atoms with Gasteiger partial charge in [0, 0.05) is 49.6 Å². The third kappa shape index (κ3) is 3.66. The van der Waals surface area contributed by atoms with Crippen molar-refractivity contribution >= 4 is 5.82 Å². The first-order valence-corrected chi connectivity index (χ1v) is 10.3. The number of hydrogen-bond donors (Lipinski definition) is 1. The maximum atomic E-state index is 13.2. The van der Waals surface area contributed by atoms with Crippen LogP contribution in [0.15, 0.2) is 30.0 Å². The van der Waals surface area contributed by atoms with Crippen LogP contribution in [0.1, 0.15) is 23.6 Å². The zero-order chi connectivity index (χ0) is 22.8. The molecule has 5 rings (SSSR count). The number of hydrogen-bond acceptors (Lipinski definition) is 5. The summed E-state index contributed by atoms with van der Waals surface area (Å²) in [6.07, 6.45) is -2.79. The van der Waals surface area contributed by atoms with E-state index in [1.54, 1.807) is 13.2 Å². The molecule has 1 aliphatic heterocycles. The van der Waals surface area contributed by atoms with Crippen LogP contribution in [0.4, 0.5) is 27.8 Å². The molecule has 6 nitrogen and oxygen atoms in total. The van der Waals surface area contributed by atoms with E-state index in [2.05, 4.69) is 21.1 Å². The average molecular weight is 455 g/mol. The number of fused-ring (bicyclic) bond motifs is 1. The van der Waals surface area contributed by atoms with Gasteiger partial charge in [-0.1, -0.05) is 11.6 Å². The van der Waals surface area contributed by atoms with Crippen molar-refractivity contribution in [1.29, 1.82) is 0 Å². The summed E-state index contributed by atoms with van der Waals surface area (Å²) in [7, 11) is 1.69. The summed E-state index contributed by atoms with van der Waals surface area (Å²) in [4.78, 5) is 5.96. The Morgan fingerprint density at radius 1 is 1.25 bits per heavy atom. The van der Waals surface area contributed by atoms with E-state index in [9.17, 15) is 22.0 Å². The molecule has 2 aromatic heterocycles. The molecule has 3 heterocycles. The van der Waals surface area contributed by atoms with E-state index in [0.29, 0.717) is 11.7 Å². The van der Waals surface area contributed by atoms with Crippen molar-refractivity contribution in [2.75, 3.05) is 25.9 Å². The number of ether oxygens (including phenoxy) is 1. The minimum atomic E-state index is -4.67. The van der Waals surface area contributed by atoms with Gasteiger partial charge in [0.2, 0.25) is 0 Å². The van der Waals surface area contributed by atoms with Crippen molar-refractivity contribution < 1.29 is 26.7 Å². The van der Waals surface area contributed by atoms with Gasteiger partial charge in [-0.3, -0.25) is 9.58 Å². The lowest BCUT2D eigenvalue weighted by atomic mass is 10.0. The van der Waals surface area contributed by atoms with Crippen LogP contribution < -0.4 is 5.73 Å². The topological polar surface area (TPSA) is 69.2 Å². The molecule has 2 fully saturated rings. The number of rotatable bonds is 6. The zero-order valence-corrected chi connectivity index (χ0v) is 17.2. The number of allylic oxidation sites excluding steroid dienone is 1. The Morgan fingerprint density at radius 3 is 2.59 bits per heavy atom.